The Morgan fingerprint density at radius 3 is 2.29 bits per heavy atom. The summed E-state index contributed by atoms with van der Waals surface area (Å²) in [4.78, 5) is 0. The van der Waals surface area contributed by atoms with E-state index in [1.807, 2.05) is 13.1 Å². The molecule has 0 aliphatic carbocycles. The Bertz CT molecular complexity index is 891. The summed E-state index contributed by atoms with van der Waals surface area (Å²) in [6, 6.07) is 14.9. The third-order valence-electron chi connectivity index (χ3n) is 5.94. The van der Waals surface area contributed by atoms with Gasteiger partial charge in [0.25, 0.3) is 0 Å². The van der Waals surface area contributed by atoms with Gasteiger partial charge in [-0.05, 0) is 60.8 Å². The lowest BCUT2D eigenvalue weighted by Crippen LogP contribution is -2.11. The van der Waals surface area contributed by atoms with Crippen molar-refractivity contribution >= 4 is 0 Å². The van der Waals surface area contributed by atoms with E-state index in [4.69, 9.17) is 15.2 Å². The van der Waals surface area contributed by atoms with Crippen molar-refractivity contribution in [1.29, 1.82) is 0 Å². The normalized spacial score (nSPS) is 10.8. The standard InChI is InChI=1S/C30H44N2O2/c1-5-6-7-8-9-11-26-14-15-29(34-19-17-25(3)23-32-4)21-30(26)27-12-10-13-28(20-27)33-18-16-24(2)22-31/h10,12-15,20-21,32H,2-3,5-9,11,16-19,22-23,31H2,1,4H3. The topological polar surface area (TPSA) is 56.5 Å². The number of nitrogens with two attached hydrogens (primary N) is 1. The van der Waals surface area contributed by atoms with E-state index in [2.05, 4.69) is 61.8 Å². The van der Waals surface area contributed by atoms with E-state index in [0.717, 1.165) is 54.0 Å². The largest absolute Gasteiger partial charge is 0.493 e. The Balaban J connectivity index is 2.15. The maximum Gasteiger partial charge on any atom is 0.119 e. The smallest absolute Gasteiger partial charge is 0.119 e. The van der Waals surface area contributed by atoms with Gasteiger partial charge in [-0.3, -0.25) is 0 Å². The Hall–Kier alpha value is -2.56. The zero-order chi connectivity index (χ0) is 24.6. The highest BCUT2D eigenvalue weighted by molar-refractivity contribution is 5.70. The molecule has 3 N–H and O–H groups in total. The molecule has 0 heterocycles. The number of hydrogen-bond acceptors (Lipinski definition) is 4. The minimum atomic E-state index is 0.500. The van der Waals surface area contributed by atoms with Gasteiger partial charge in [0, 0.05) is 25.9 Å². The Morgan fingerprint density at radius 1 is 0.882 bits per heavy atom. The summed E-state index contributed by atoms with van der Waals surface area (Å²) in [7, 11) is 1.94. The van der Waals surface area contributed by atoms with Gasteiger partial charge >= 0.3 is 0 Å². The van der Waals surface area contributed by atoms with E-state index in [1.54, 1.807) is 0 Å². The van der Waals surface area contributed by atoms with Crippen molar-refractivity contribution in [1.82, 2.24) is 5.32 Å². The van der Waals surface area contributed by atoms with Crippen molar-refractivity contribution in [2.45, 2.75) is 58.3 Å². The molecule has 0 aliphatic heterocycles. The summed E-state index contributed by atoms with van der Waals surface area (Å²) in [5.41, 5.74) is 11.5. The van der Waals surface area contributed by atoms with E-state index in [9.17, 15) is 0 Å². The van der Waals surface area contributed by atoms with Crippen LogP contribution in [0.5, 0.6) is 11.5 Å². The second-order valence-corrected chi connectivity index (χ2v) is 8.94. The van der Waals surface area contributed by atoms with Crippen LogP contribution in [0.15, 0.2) is 66.8 Å². The molecule has 4 nitrogen and oxygen atoms in total. The highest BCUT2D eigenvalue weighted by atomic mass is 16.5. The molecular weight excluding hydrogens is 420 g/mol. The molecule has 4 heteroatoms. The number of hydrogen-bond donors (Lipinski definition) is 2. The predicted molar refractivity (Wildman–Crippen MR) is 146 cm³/mol. The molecule has 2 rings (SSSR count). The molecule has 0 aliphatic rings. The summed E-state index contributed by atoms with van der Waals surface area (Å²) in [5.74, 6) is 1.76. The van der Waals surface area contributed by atoms with Crippen LogP contribution in [0.3, 0.4) is 0 Å². The van der Waals surface area contributed by atoms with Crippen LogP contribution in [-0.4, -0.2) is 33.4 Å². The van der Waals surface area contributed by atoms with Crippen LogP contribution in [0.2, 0.25) is 0 Å². The summed E-state index contributed by atoms with van der Waals surface area (Å²) < 4.78 is 12.1. The van der Waals surface area contributed by atoms with E-state index in [0.29, 0.717) is 19.8 Å². The van der Waals surface area contributed by atoms with Crippen molar-refractivity contribution in [2.75, 3.05) is 33.4 Å². The van der Waals surface area contributed by atoms with Gasteiger partial charge < -0.3 is 20.5 Å². The highest BCUT2D eigenvalue weighted by Gasteiger charge is 2.10. The van der Waals surface area contributed by atoms with E-state index >= 15 is 0 Å². The lowest BCUT2D eigenvalue weighted by atomic mass is 9.95. The van der Waals surface area contributed by atoms with Gasteiger partial charge in [0.2, 0.25) is 0 Å². The van der Waals surface area contributed by atoms with Crippen LogP contribution in [0.1, 0.15) is 57.4 Å². The second kappa shape index (κ2) is 16.1. The number of likely N-dealkylation sites (N-methyl/N-ethyl adjacent to an activating group) is 1. The van der Waals surface area contributed by atoms with E-state index < -0.39 is 0 Å². The fraction of sp³-hybridized carbons (Fsp3) is 0.467. The van der Waals surface area contributed by atoms with Crippen molar-refractivity contribution in [3.05, 3.63) is 72.3 Å². The fourth-order valence-corrected chi connectivity index (χ4v) is 3.87. The summed E-state index contributed by atoms with van der Waals surface area (Å²) in [5, 5.41) is 3.14. The molecule has 0 fully saturated rings. The SMILES string of the molecule is C=C(CN)CCOc1cccc(-c2cc(OCCC(=C)CNC)ccc2CCCCCCC)c1. The highest BCUT2D eigenvalue weighted by Crippen LogP contribution is 2.32. The van der Waals surface area contributed by atoms with Gasteiger partial charge in [0.1, 0.15) is 11.5 Å². The number of benzene rings is 2. The van der Waals surface area contributed by atoms with Gasteiger partial charge in [0.15, 0.2) is 0 Å². The minimum absolute atomic E-state index is 0.500. The molecule has 0 bridgehead atoms. The minimum Gasteiger partial charge on any atom is -0.493 e. The molecule has 0 saturated carbocycles. The zero-order valence-corrected chi connectivity index (χ0v) is 21.3. The van der Waals surface area contributed by atoms with E-state index in [-0.39, 0.29) is 0 Å². The van der Waals surface area contributed by atoms with Crippen LogP contribution < -0.4 is 20.5 Å². The summed E-state index contributed by atoms with van der Waals surface area (Å²) in [6.07, 6.45) is 9.04. The first kappa shape index (κ1) is 27.7. The van der Waals surface area contributed by atoms with Crippen molar-refractivity contribution in [3.63, 3.8) is 0 Å². The van der Waals surface area contributed by atoms with Crippen LogP contribution in [-0.2, 0) is 6.42 Å². The van der Waals surface area contributed by atoms with Crippen LogP contribution in [0.25, 0.3) is 11.1 Å². The maximum atomic E-state index is 6.09. The lowest BCUT2D eigenvalue weighted by molar-refractivity contribution is 0.320. The number of rotatable bonds is 18. The van der Waals surface area contributed by atoms with Gasteiger partial charge in [0.05, 0.1) is 13.2 Å². The van der Waals surface area contributed by atoms with Gasteiger partial charge in [-0.1, -0.05) is 75.1 Å². The molecule has 0 aromatic heterocycles. The summed E-state index contributed by atoms with van der Waals surface area (Å²) in [6.45, 7) is 12.8. The second-order valence-electron chi connectivity index (χ2n) is 8.94. The van der Waals surface area contributed by atoms with Gasteiger partial charge in [-0.25, -0.2) is 0 Å². The van der Waals surface area contributed by atoms with Crippen LogP contribution in [0.4, 0.5) is 0 Å². The van der Waals surface area contributed by atoms with Gasteiger partial charge in [-0.2, -0.15) is 0 Å². The van der Waals surface area contributed by atoms with Crippen molar-refractivity contribution in [3.8, 4) is 22.6 Å². The van der Waals surface area contributed by atoms with Crippen LogP contribution in [0, 0.1) is 0 Å². The molecule has 34 heavy (non-hydrogen) atoms. The average molecular weight is 465 g/mol. The van der Waals surface area contributed by atoms with Gasteiger partial charge in [-0.15, -0.1) is 0 Å². The first-order valence-corrected chi connectivity index (χ1v) is 12.7. The first-order chi connectivity index (χ1) is 16.6. The number of unbranched alkanes of at least 4 members (excludes halogenated alkanes) is 4. The number of aryl methyl sites for hydroxylation is 1. The van der Waals surface area contributed by atoms with Crippen molar-refractivity contribution < 1.29 is 9.47 Å². The molecule has 186 valence electrons. The first-order valence-electron chi connectivity index (χ1n) is 12.7. The average Bonchev–Trinajstić information content (AvgIpc) is 2.84. The molecule has 0 spiro atoms. The molecular formula is C30H44N2O2. The third-order valence-corrected chi connectivity index (χ3v) is 5.94. The molecule has 0 radical (unpaired) electrons. The van der Waals surface area contributed by atoms with Crippen molar-refractivity contribution in [2.24, 2.45) is 5.73 Å². The molecule has 2 aromatic carbocycles. The molecule has 0 atom stereocenters. The van der Waals surface area contributed by atoms with Crippen LogP contribution >= 0.6 is 0 Å². The number of nitrogens with one attached hydrogen (secondary N) is 1. The third kappa shape index (κ3) is 10.1. The quantitative estimate of drug-likeness (QED) is 0.190. The lowest BCUT2D eigenvalue weighted by Gasteiger charge is -2.15. The monoisotopic (exact) mass is 464 g/mol. The Kier molecular flexibility index (Phi) is 13.1. The predicted octanol–water partition coefficient (Wildman–Crippen LogP) is 6.69. The molecule has 0 amide bonds. The van der Waals surface area contributed by atoms with E-state index in [1.165, 1.54) is 43.2 Å². The zero-order valence-electron chi connectivity index (χ0n) is 21.3. The Morgan fingerprint density at radius 2 is 1.59 bits per heavy atom. The fourth-order valence-electron chi connectivity index (χ4n) is 3.87. The Labute approximate surface area is 207 Å². The number of ether oxygens (including phenoxy) is 2. The molecule has 2 aromatic rings. The maximum absolute atomic E-state index is 6.09. The summed E-state index contributed by atoms with van der Waals surface area (Å²) >= 11 is 0. The molecule has 0 saturated heterocycles. The molecule has 0 unspecified atom stereocenters.